The van der Waals surface area contributed by atoms with Gasteiger partial charge in [0, 0.05) is 8.58 Å². The molecule has 0 aliphatic carbocycles. The van der Waals surface area contributed by atoms with Gasteiger partial charge in [-0.25, -0.2) is 4.79 Å². The molecule has 0 saturated carbocycles. The Labute approximate surface area is 60.0 Å². The Morgan fingerprint density at radius 2 is 1.70 bits per heavy atom. The summed E-state index contributed by atoms with van der Waals surface area (Å²) in [6.07, 6.45) is 0. The van der Waals surface area contributed by atoms with Crippen molar-refractivity contribution in [3.8, 4) is 0 Å². The summed E-state index contributed by atoms with van der Waals surface area (Å²) in [5.74, 6) is -1.08. The second-order valence-corrected chi connectivity index (χ2v) is 4.29. The van der Waals surface area contributed by atoms with E-state index < -0.39 is 25.4 Å². The first-order valence-electron chi connectivity index (χ1n) is 2.61. The molecule has 0 aliphatic heterocycles. The zero-order valence-electron chi connectivity index (χ0n) is 5.71. The molecular formula is C5H9O4P. The summed E-state index contributed by atoms with van der Waals surface area (Å²) in [5, 5.41) is 15.5. The molecule has 0 aromatic carbocycles. The van der Waals surface area contributed by atoms with Gasteiger partial charge in [-0.05, 0) is 13.8 Å². The Bertz CT molecular complexity index is 163. The first kappa shape index (κ1) is 9.37. The van der Waals surface area contributed by atoms with Crippen molar-refractivity contribution in [3.05, 3.63) is 0 Å². The van der Waals surface area contributed by atoms with Crippen LogP contribution in [-0.2, 0) is 4.79 Å². The normalized spacial score (nSPS) is 12.2. The molecule has 5 heteroatoms. The molecule has 0 bridgehead atoms. The number of aliphatic carboxylic acids is 1. The summed E-state index contributed by atoms with van der Waals surface area (Å²) < 4.78 is 0. The molecule has 58 valence electrons. The predicted octanol–water partition coefficient (Wildman–Crippen LogP) is 1.21. The lowest BCUT2D eigenvalue weighted by atomic mass is 10.2. The fraction of sp³-hybridized carbons (Fsp3) is 0.600. The first-order valence-corrected chi connectivity index (χ1v) is 3.61. The molecule has 2 N–H and O–H groups in total. The zero-order valence-corrected chi connectivity index (χ0v) is 6.71. The highest BCUT2D eigenvalue weighted by molar-refractivity contribution is 7.59. The quantitative estimate of drug-likeness (QED) is 0.614. The summed E-state index contributed by atoms with van der Waals surface area (Å²) in [4.78, 5) is 20.4. The van der Waals surface area contributed by atoms with E-state index in [-0.39, 0.29) is 0 Å². The summed E-state index contributed by atoms with van der Waals surface area (Å²) in [5.41, 5.74) is -1.06. The van der Waals surface area contributed by atoms with Gasteiger partial charge in [0.2, 0.25) is 0 Å². The summed E-state index contributed by atoms with van der Waals surface area (Å²) in [6.45, 7) is 2.78. The van der Waals surface area contributed by atoms with Crippen molar-refractivity contribution in [2.24, 2.45) is 0 Å². The lowest BCUT2D eigenvalue weighted by Crippen LogP contribution is -2.26. The van der Waals surface area contributed by atoms with Gasteiger partial charge in [-0.3, -0.25) is 4.79 Å². The molecular weight excluding hydrogens is 155 g/mol. The van der Waals surface area contributed by atoms with E-state index in [1.165, 1.54) is 13.8 Å². The molecule has 1 unspecified atom stereocenters. The van der Waals surface area contributed by atoms with Gasteiger partial charge < -0.3 is 10.2 Å². The minimum atomic E-state index is -1.13. The van der Waals surface area contributed by atoms with Gasteiger partial charge >= 0.3 is 11.7 Å². The minimum Gasteiger partial charge on any atom is -0.481 e. The van der Waals surface area contributed by atoms with Gasteiger partial charge in [0.15, 0.2) is 0 Å². The Hall–Kier alpha value is -0.630. The molecule has 10 heavy (non-hydrogen) atoms. The molecule has 0 rings (SSSR count). The van der Waals surface area contributed by atoms with E-state index in [1.54, 1.807) is 0 Å². The number of carbonyl (C=O) groups is 2. The van der Waals surface area contributed by atoms with Crippen LogP contribution in [0.3, 0.4) is 0 Å². The SMILES string of the molecule is CC(C)(PC(=O)O)C(=O)O. The topological polar surface area (TPSA) is 74.6 Å². The third kappa shape index (κ3) is 2.78. The van der Waals surface area contributed by atoms with Crippen molar-refractivity contribution in [1.29, 1.82) is 0 Å². The summed E-state index contributed by atoms with van der Waals surface area (Å²) in [6, 6.07) is 0. The van der Waals surface area contributed by atoms with E-state index in [2.05, 4.69) is 0 Å². The molecule has 0 spiro atoms. The maximum absolute atomic E-state index is 10.3. The fourth-order valence-electron chi connectivity index (χ4n) is 0.321. The third-order valence-corrected chi connectivity index (χ3v) is 2.01. The van der Waals surface area contributed by atoms with E-state index in [0.29, 0.717) is 0 Å². The third-order valence-electron chi connectivity index (χ3n) is 0.954. The molecule has 0 aliphatic rings. The van der Waals surface area contributed by atoms with Gasteiger partial charge in [0.25, 0.3) is 0 Å². The lowest BCUT2D eigenvalue weighted by molar-refractivity contribution is -0.139. The van der Waals surface area contributed by atoms with Crippen LogP contribution in [0.15, 0.2) is 0 Å². The van der Waals surface area contributed by atoms with Crippen LogP contribution in [0, 0.1) is 0 Å². The maximum Gasteiger partial charge on any atom is 0.321 e. The molecule has 0 aromatic heterocycles. The number of carboxylic acids is 1. The van der Waals surface area contributed by atoms with Crippen LogP contribution in [0.25, 0.3) is 0 Å². The van der Waals surface area contributed by atoms with Crippen molar-refractivity contribution in [1.82, 2.24) is 0 Å². The number of rotatable bonds is 3. The molecule has 1 atom stereocenters. The predicted molar refractivity (Wildman–Crippen MR) is 38.1 cm³/mol. The monoisotopic (exact) mass is 164 g/mol. The highest BCUT2D eigenvalue weighted by Crippen LogP contribution is 2.31. The van der Waals surface area contributed by atoms with Crippen LogP contribution < -0.4 is 0 Å². The van der Waals surface area contributed by atoms with Crippen LogP contribution >= 0.6 is 8.58 Å². The fourth-order valence-corrected chi connectivity index (χ4v) is 0.962. The Morgan fingerprint density at radius 3 is 1.80 bits per heavy atom. The molecule has 4 nitrogen and oxygen atoms in total. The molecule has 0 heterocycles. The number of hydrogen-bond acceptors (Lipinski definition) is 2. The highest BCUT2D eigenvalue weighted by atomic mass is 31.1. The van der Waals surface area contributed by atoms with Crippen molar-refractivity contribution < 1.29 is 19.8 Å². The smallest absolute Gasteiger partial charge is 0.321 e. The highest BCUT2D eigenvalue weighted by Gasteiger charge is 2.29. The lowest BCUT2D eigenvalue weighted by Gasteiger charge is -2.14. The molecule has 0 saturated heterocycles. The summed E-state index contributed by atoms with van der Waals surface area (Å²) in [7, 11) is -0.587. The van der Waals surface area contributed by atoms with E-state index in [0.717, 1.165) is 0 Å². The number of carboxylic acid groups (broad SMARTS) is 2. The van der Waals surface area contributed by atoms with Crippen molar-refractivity contribution in [3.63, 3.8) is 0 Å². The maximum atomic E-state index is 10.3. The Balaban J connectivity index is 4.13. The molecule has 0 fully saturated rings. The van der Waals surface area contributed by atoms with Crippen molar-refractivity contribution in [2.45, 2.75) is 19.0 Å². The van der Waals surface area contributed by atoms with Crippen LogP contribution in [0.1, 0.15) is 13.8 Å². The van der Waals surface area contributed by atoms with Gasteiger partial charge in [-0.1, -0.05) is 0 Å². The molecule has 0 aromatic rings. The van der Waals surface area contributed by atoms with Crippen molar-refractivity contribution >= 4 is 20.3 Å². The van der Waals surface area contributed by atoms with Crippen LogP contribution in [0.2, 0.25) is 0 Å². The van der Waals surface area contributed by atoms with Gasteiger partial charge in [0.1, 0.15) is 0 Å². The van der Waals surface area contributed by atoms with E-state index in [1.807, 2.05) is 0 Å². The van der Waals surface area contributed by atoms with Crippen molar-refractivity contribution in [2.75, 3.05) is 0 Å². The van der Waals surface area contributed by atoms with Gasteiger partial charge in [-0.15, -0.1) is 0 Å². The van der Waals surface area contributed by atoms with E-state index >= 15 is 0 Å². The standard InChI is InChI=1S/C5H9O4P/c1-5(2,3(6)7)10-4(8)9/h10H,1-2H3,(H,6,7)(H,8,9). The first-order chi connectivity index (χ1) is 4.36. The molecule has 0 radical (unpaired) electrons. The van der Waals surface area contributed by atoms with Crippen LogP contribution in [0.4, 0.5) is 4.79 Å². The second kappa shape index (κ2) is 2.97. The summed E-state index contributed by atoms with van der Waals surface area (Å²) >= 11 is 0. The second-order valence-electron chi connectivity index (χ2n) is 2.36. The van der Waals surface area contributed by atoms with E-state index in [9.17, 15) is 9.59 Å². The minimum absolute atomic E-state index is 0.587. The average Bonchev–Trinajstić information content (AvgIpc) is 1.60. The van der Waals surface area contributed by atoms with Gasteiger partial charge in [0.05, 0.1) is 5.16 Å². The largest absolute Gasteiger partial charge is 0.481 e. The van der Waals surface area contributed by atoms with E-state index in [4.69, 9.17) is 10.2 Å². The number of hydrogen-bond donors (Lipinski definition) is 2. The van der Waals surface area contributed by atoms with Crippen LogP contribution in [-0.4, -0.2) is 27.0 Å². The van der Waals surface area contributed by atoms with Gasteiger partial charge in [-0.2, -0.15) is 0 Å². The zero-order chi connectivity index (χ0) is 8.36. The Morgan fingerprint density at radius 1 is 1.30 bits per heavy atom. The Kier molecular flexibility index (Phi) is 2.78. The average molecular weight is 164 g/mol. The van der Waals surface area contributed by atoms with Crippen LogP contribution in [0.5, 0.6) is 0 Å². The molecule has 0 amide bonds.